The third kappa shape index (κ3) is 3.67. The third-order valence-electron chi connectivity index (χ3n) is 3.46. The number of hydrogen-bond donors (Lipinski definition) is 1. The maximum atomic E-state index is 12.2. The van der Waals surface area contributed by atoms with Crippen molar-refractivity contribution in [3.8, 4) is 0 Å². The summed E-state index contributed by atoms with van der Waals surface area (Å²) in [6.45, 7) is 1.74. The van der Waals surface area contributed by atoms with E-state index >= 15 is 0 Å². The molecule has 1 N–H and O–H groups in total. The van der Waals surface area contributed by atoms with E-state index in [0.29, 0.717) is 31.0 Å². The molecule has 25 heavy (non-hydrogen) atoms. The van der Waals surface area contributed by atoms with E-state index in [-0.39, 0.29) is 23.0 Å². The van der Waals surface area contributed by atoms with Crippen molar-refractivity contribution >= 4 is 68.2 Å². The normalized spacial score (nSPS) is 11.0. The third-order valence-corrected chi connectivity index (χ3v) is 6.14. The number of rotatable bonds is 4. The highest BCUT2D eigenvalue weighted by Crippen LogP contribution is 2.28. The molecule has 0 aliphatic rings. The molecule has 6 nitrogen and oxygen atoms in total. The first kappa shape index (κ1) is 18.2. The number of nitrogens with zero attached hydrogens (tertiary/aromatic N) is 3. The van der Waals surface area contributed by atoms with Crippen molar-refractivity contribution in [2.45, 2.75) is 12.1 Å². The van der Waals surface area contributed by atoms with Crippen LogP contribution in [0.3, 0.4) is 0 Å². The molecule has 0 bridgehead atoms. The van der Waals surface area contributed by atoms with Gasteiger partial charge in [-0.25, -0.2) is 9.97 Å². The fourth-order valence-electron chi connectivity index (χ4n) is 2.05. The zero-order valence-corrected chi connectivity index (χ0v) is 16.3. The average molecular weight is 415 g/mol. The fourth-order valence-corrected chi connectivity index (χ4v) is 4.02. The minimum absolute atomic E-state index is 0.0663. The second kappa shape index (κ2) is 7.33. The van der Waals surface area contributed by atoms with Gasteiger partial charge in [0.15, 0.2) is 11.0 Å². The van der Waals surface area contributed by atoms with Gasteiger partial charge in [0.25, 0.3) is 5.56 Å². The zero-order chi connectivity index (χ0) is 18.1. The zero-order valence-electron chi connectivity index (χ0n) is 13.2. The van der Waals surface area contributed by atoms with E-state index in [1.165, 1.54) is 33.9 Å². The van der Waals surface area contributed by atoms with E-state index in [1.807, 2.05) is 5.38 Å². The van der Waals surface area contributed by atoms with Crippen LogP contribution >= 0.6 is 46.3 Å². The highest BCUT2D eigenvalue weighted by molar-refractivity contribution is 7.99. The molecule has 0 aliphatic heterocycles. The molecular weight excluding hydrogens is 403 g/mol. The number of thiophene rings is 1. The van der Waals surface area contributed by atoms with Gasteiger partial charge in [0.05, 0.1) is 21.2 Å². The summed E-state index contributed by atoms with van der Waals surface area (Å²) in [4.78, 5) is 33.5. The van der Waals surface area contributed by atoms with Gasteiger partial charge in [-0.2, -0.15) is 0 Å². The van der Waals surface area contributed by atoms with Crippen LogP contribution in [0.5, 0.6) is 0 Å². The van der Waals surface area contributed by atoms with Crippen LogP contribution in [0.4, 0.5) is 5.82 Å². The minimum atomic E-state index is -0.304. The topological polar surface area (TPSA) is 76.9 Å². The molecule has 3 rings (SSSR count). The summed E-state index contributed by atoms with van der Waals surface area (Å²) in [5.41, 5.74) is 0.515. The van der Waals surface area contributed by atoms with Crippen LogP contribution in [0.2, 0.25) is 10.0 Å². The summed E-state index contributed by atoms with van der Waals surface area (Å²) in [7, 11) is 1.63. The maximum absolute atomic E-state index is 12.2. The van der Waals surface area contributed by atoms with Crippen molar-refractivity contribution in [3.63, 3.8) is 0 Å². The molecule has 10 heteroatoms. The Bertz CT molecular complexity index is 1030. The van der Waals surface area contributed by atoms with Gasteiger partial charge < -0.3 is 5.32 Å². The largest absolute Gasteiger partial charge is 0.309 e. The predicted molar refractivity (Wildman–Crippen MR) is 103 cm³/mol. The summed E-state index contributed by atoms with van der Waals surface area (Å²) >= 11 is 14.6. The Hall–Kier alpha value is -1.61. The van der Waals surface area contributed by atoms with Gasteiger partial charge in [0.1, 0.15) is 4.83 Å². The minimum Gasteiger partial charge on any atom is -0.309 e. The first-order valence-electron chi connectivity index (χ1n) is 7.06. The van der Waals surface area contributed by atoms with Crippen molar-refractivity contribution < 1.29 is 4.79 Å². The molecule has 1 amide bonds. The second-order valence-electron chi connectivity index (χ2n) is 5.13. The van der Waals surface area contributed by atoms with E-state index in [9.17, 15) is 9.59 Å². The van der Waals surface area contributed by atoms with Crippen molar-refractivity contribution in [1.29, 1.82) is 0 Å². The van der Waals surface area contributed by atoms with E-state index in [1.54, 1.807) is 20.0 Å². The van der Waals surface area contributed by atoms with Crippen LogP contribution in [0.1, 0.15) is 5.56 Å². The average Bonchev–Trinajstić information content (AvgIpc) is 3.06. The molecular formula is C15H12Cl2N4O2S2. The Morgan fingerprint density at radius 2 is 2.20 bits per heavy atom. The van der Waals surface area contributed by atoms with Gasteiger partial charge in [0.2, 0.25) is 5.91 Å². The molecule has 0 radical (unpaired) electrons. The highest BCUT2D eigenvalue weighted by atomic mass is 35.5. The van der Waals surface area contributed by atoms with Crippen LogP contribution < -0.4 is 10.9 Å². The maximum Gasteiger partial charge on any atom is 0.262 e. The predicted octanol–water partition coefficient (Wildman–Crippen LogP) is 3.74. The number of carbonyl (C=O) groups excluding carboxylic acids is 1. The molecule has 3 aromatic rings. The summed E-state index contributed by atoms with van der Waals surface area (Å²) < 4.78 is 1.44. The number of amides is 1. The standard InChI is InChI=1S/C15H12Cl2N4O2S2/c1-7-9(16)5-18-12(11(7)17)19-10(22)6-25-15-20-13-8(3-4-24-13)14(23)21(15)2/h3-5H,6H2,1-2H3,(H,18,19,22). The van der Waals surface area contributed by atoms with Crippen LogP contribution in [0.25, 0.3) is 10.2 Å². The number of pyridine rings is 1. The Morgan fingerprint density at radius 1 is 1.44 bits per heavy atom. The first-order valence-corrected chi connectivity index (χ1v) is 9.68. The van der Waals surface area contributed by atoms with Crippen LogP contribution in [0.15, 0.2) is 27.6 Å². The van der Waals surface area contributed by atoms with Crippen LogP contribution in [-0.2, 0) is 11.8 Å². The second-order valence-corrected chi connectivity index (χ2v) is 7.75. The van der Waals surface area contributed by atoms with E-state index < -0.39 is 0 Å². The number of thioether (sulfide) groups is 1. The van der Waals surface area contributed by atoms with Gasteiger partial charge in [-0.1, -0.05) is 35.0 Å². The van der Waals surface area contributed by atoms with Crippen molar-refractivity contribution in [2.75, 3.05) is 11.1 Å². The summed E-state index contributed by atoms with van der Waals surface area (Å²) in [6.07, 6.45) is 1.43. The molecule has 0 saturated heterocycles. The molecule has 130 valence electrons. The number of anilines is 1. The smallest absolute Gasteiger partial charge is 0.262 e. The number of nitrogens with one attached hydrogen (secondary N) is 1. The monoisotopic (exact) mass is 414 g/mol. The number of hydrogen-bond acceptors (Lipinski definition) is 6. The Kier molecular flexibility index (Phi) is 5.33. The molecule has 0 fully saturated rings. The lowest BCUT2D eigenvalue weighted by Crippen LogP contribution is -2.21. The fraction of sp³-hybridized carbons (Fsp3) is 0.200. The van der Waals surface area contributed by atoms with E-state index in [0.717, 1.165) is 0 Å². The molecule has 0 saturated carbocycles. The first-order chi connectivity index (χ1) is 11.9. The lowest BCUT2D eigenvalue weighted by Gasteiger charge is -2.10. The van der Waals surface area contributed by atoms with Crippen molar-refractivity contribution in [2.24, 2.45) is 7.05 Å². The van der Waals surface area contributed by atoms with Gasteiger partial charge in [-0.15, -0.1) is 11.3 Å². The Labute approximate surface area is 161 Å². The number of carbonyl (C=O) groups is 1. The number of fused-ring (bicyclic) bond motifs is 1. The molecule has 3 heterocycles. The van der Waals surface area contributed by atoms with Crippen LogP contribution in [0, 0.1) is 6.92 Å². The number of halogens is 2. The summed E-state index contributed by atoms with van der Waals surface area (Å²) in [6, 6.07) is 1.74. The molecule has 3 aromatic heterocycles. The highest BCUT2D eigenvalue weighted by Gasteiger charge is 2.14. The van der Waals surface area contributed by atoms with Gasteiger partial charge in [0, 0.05) is 13.2 Å². The van der Waals surface area contributed by atoms with E-state index in [4.69, 9.17) is 23.2 Å². The molecule has 0 atom stereocenters. The summed E-state index contributed by atoms with van der Waals surface area (Å²) in [5.74, 6) is 0.0167. The lowest BCUT2D eigenvalue weighted by molar-refractivity contribution is -0.113. The molecule has 0 aromatic carbocycles. The van der Waals surface area contributed by atoms with Gasteiger partial charge in [-0.05, 0) is 23.9 Å². The lowest BCUT2D eigenvalue weighted by atomic mass is 10.3. The Balaban J connectivity index is 1.74. The SMILES string of the molecule is Cc1c(Cl)cnc(NC(=O)CSc2nc3sccc3c(=O)n2C)c1Cl. The Morgan fingerprint density at radius 3 is 2.96 bits per heavy atom. The van der Waals surface area contributed by atoms with E-state index in [2.05, 4.69) is 15.3 Å². The van der Waals surface area contributed by atoms with Gasteiger partial charge >= 0.3 is 0 Å². The van der Waals surface area contributed by atoms with Crippen molar-refractivity contribution in [3.05, 3.63) is 43.6 Å². The molecule has 0 spiro atoms. The summed E-state index contributed by atoms with van der Waals surface area (Å²) in [5, 5.41) is 6.24. The quantitative estimate of drug-likeness (QED) is 0.519. The number of aromatic nitrogens is 3. The van der Waals surface area contributed by atoms with Crippen molar-refractivity contribution in [1.82, 2.24) is 14.5 Å². The molecule has 0 aliphatic carbocycles. The molecule has 0 unspecified atom stereocenters. The van der Waals surface area contributed by atoms with Gasteiger partial charge in [-0.3, -0.25) is 14.2 Å². The van der Waals surface area contributed by atoms with Crippen LogP contribution in [-0.4, -0.2) is 26.2 Å².